The first-order valence-corrected chi connectivity index (χ1v) is 2.65. The van der Waals surface area contributed by atoms with Crippen LogP contribution in [0, 0.1) is 0 Å². The fraction of sp³-hybridized carbons (Fsp3) is 0.800. The van der Waals surface area contributed by atoms with Gasteiger partial charge in [-0.2, -0.15) is 0 Å². The van der Waals surface area contributed by atoms with Crippen LogP contribution in [0.1, 0.15) is 13.3 Å². The van der Waals surface area contributed by atoms with Crippen molar-refractivity contribution in [2.24, 2.45) is 0 Å². The molecule has 48 valence electrons. The van der Waals surface area contributed by atoms with Crippen molar-refractivity contribution < 1.29 is 9.53 Å². The zero-order valence-corrected chi connectivity index (χ0v) is 5.23. The van der Waals surface area contributed by atoms with Crippen LogP contribution in [-0.4, -0.2) is 19.7 Å². The molecule has 0 aromatic carbocycles. The molecular formula is C5H11NO2. The highest BCUT2D eigenvalue weighted by molar-refractivity contribution is 5.66. The van der Waals surface area contributed by atoms with Gasteiger partial charge in [0.1, 0.15) is 0 Å². The van der Waals surface area contributed by atoms with E-state index >= 15 is 0 Å². The minimum atomic E-state index is -0.355. The molecule has 1 N–H and O–H groups in total. The molecule has 1 amide bonds. The van der Waals surface area contributed by atoms with Gasteiger partial charge in [0.15, 0.2) is 0 Å². The summed E-state index contributed by atoms with van der Waals surface area (Å²) in [7, 11) is 1.54. The van der Waals surface area contributed by atoms with Gasteiger partial charge in [0.25, 0.3) is 0 Å². The molecule has 0 heterocycles. The normalized spacial score (nSPS) is 8.25. The first-order chi connectivity index (χ1) is 3.81. The first kappa shape index (κ1) is 7.27. The van der Waals surface area contributed by atoms with Gasteiger partial charge in [-0.3, -0.25) is 0 Å². The summed E-state index contributed by atoms with van der Waals surface area (Å²) in [5, 5.41) is 2.34. The van der Waals surface area contributed by atoms with Gasteiger partial charge in [-0.05, 0) is 6.42 Å². The molecule has 0 saturated heterocycles. The van der Waals surface area contributed by atoms with Gasteiger partial charge in [-0.1, -0.05) is 6.92 Å². The smallest absolute Gasteiger partial charge is 0.406 e. The van der Waals surface area contributed by atoms with E-state index in [0.29, 0.717) is 6.61 Å². The van der Waals surface area contributed by atoms with Crippen LogP contribution >= 0.6 is 0 Å². The van der Waals surface area contributed by atoms with Crippen molar-refractivity contribution in [2.75, 3.05) is 13.7 Å². The van der Waals surface area contributed by atoms with Crippen LogP contribution < -0.4 is 5.32 Å². The van der Waals surface area contributed by atoms with Crippen molar-refractivity contribution in [3.63, 3.8) is 0 Å². The lowest BCUT2D eigenvalue weighted by molar-refractivity contribution is 0.148. The molecule has 0 aromatic rings. The van der Waals surface area contributed by atoms with Gasteiger partial charge in [0.05, 0.1) is 6.61 Å². The molecule has 3 nitrogen and oxygen atoms in total. The summed E-state index contributed by atoms with van der Waals surface area (Å²) in [6.07, 6.45) is 0.514. The molecule has 0 bridgehead atoms. The Morgan fingerprint density at radius 1 is 1.75 bits per heavy atom. The number of amides is 1. The number of hydrogen-bond donors (Lipinski definition) is 1. The van der Waals surface area contributed by atoms with Crippen LogP contribution in [0.2, 0.25) is 0 Å². The molecule has 0 saturated carbocycles. The van der Waals surface area contributed by atoms with Crippen LogP contribution in [0.15, 0.2) is 0 Å². The molecule has 0 aliphatic rings. The molecule has 0 radical (unpaired) electrons. The summed E-state index contributed by atoms with van der Waals surface area (Å²) in [5.41, 5.74) is 0. The van der Waals surface area contributed by atoms with E-state index in [1.165, 1.54) is 7.05 Å². The quantitative estimate of drug-likeness (QED) is 0.579. The Balaban J connectivity index is 2.99. The summed E-state index contributed by atoms with van der Waals surface area (Å²) >= 11 is 0. The van der Waals surface area contributed by atoms with E-state index in [1.807, 2.05) is 6.92 Å². The lowest BCUT2D eigenvalue weighted by Crippen LogP contribution is -2.19. The van der Waals surface area contributed by atoms with Crippen LogP contribution in [-0.2, 0) is 4.74 Å². The molecule has 3 heteroatoms. The third-order valence-electron chi connectivity index (χ3n) is 0.641. The maximum Gasteiger partial charge on any atom is 0.406 e. The molecule has 8 heavy (non-hydrogen) atoms. The van der Waals surface area contributed by atoms with Crippen molar-refractivity contribution in [1.82, 2.24) is 5.32 Å². The third kappa shape index (κ3) is 3.46. The highest BCUT2D eigenvalue weighted by Crippen LogP contribution is 1.78. The highest BCUT2D eigenvalue weighted by Gasteiger charge is 1.91. The summed E-state index contributed by atoms with van der Waals surface area (Å²) in [4.78, 5) is 10.2. The summed E-state index contributed by atoms with van der Waals surface area (Å²) < 4.78 is 4.59. The maximum absolute atomic E-state index is 10.2. The van der Waals surface area contributed by atoms with E-state index < -0.39 is 0 Å². The fourth-order valence-electron chi connectivity index (χ4n) is 0.267. The molecule has 0 fully saturated rings. The standard InChI is InChI=1S/C5H11NO2/c1-3-4-8-5(7)6-2/h3-4H2,1-2H3,(H,6,7). The monoisotopic (exact) mass is 117 g/mol. The second-order valence-corrected chi connectivity index (χ2v) is 1.39. The molecule has 0 spiro atoms. The van der Waals surface area contributed by atoms with Crippen molar-refractivity contribution in [2.45, 2.75) is 13.3 Å². The first-order valence-electron chi connectivity index (χ1n) is 2.65. The van der Waals surface area contributed by atoms with E-state index in [9.17, 15) is 4.79 Å². The summed E-state index contributed by atoms with van der Waals surface area (Å²) in [5.74, 6) is 0. The molecule has 0 unspecified atom stereocenters. The maximum atomic E-state index is 10.2. The Kier molecular flexibility index (Phi) is 4.03. The Bertz CT molecular complexity index is 72.8. The topological polar surface area (TPSA) is 38.3 Å². The predicted molar refractivity (Wildman–Crippen MR) is 30.7 cm³/mol. The van der Waals surface area contributed by atoms with Crippen molar-refractivity contribution >= 4 is 6.09 Å². The summed E-state index contributed by atoms with van der Waals surface area (Å²) in [6, 6.07) is 0. The number of rotatable bonds is 2. The molecule has 0 aliphatic heterocycles. The van der Waals surface area contributed by atoms with Crippen LogP contribution in [0.25, 0.3) is 0 Å². The Morgan fingerprint density at radius 2 is 2.38 bits per heavy atom. The van der Waals surface area contributed by atoms with Gasteiger partial charge in [-0.15, -0.1) is 0 Å². The van der Waals surface area contributed by atoms with Crippen LogP contribution in [0.3, 0.4) is 0 Å². The largest absolute Gasteiger partial charge is 0.450 e. The lowest BCUT2D eigenvalue weighted by Gasteiger charge is -1.98. The summed E-state index contributed by atoms with van der Waals surface area (Å²) in [6.45, 7) is 2.45. The minimum absolute atomic E-state index is 0.355. The van der Waals surface area contributed by atoms with Gasteiger partial charge < -0.3 is 10.1 Å². The van der Waals surface area contributed by atoms with Gasteiger partial charge >= 0.3 is 6.09 Å². The molecule has 0 aromatic heterocycles. The Morgan fingerprint density at radius 3 is 2.75 bits per heavy atom. The van der Waals surface area contributed by atoms with E-state index in [0.717, 1.165) is 6.42 Å². The minimum Gasteiger partial charge on any atom is -0.450 e. The SMILES string of the molecule is CCCOC(=O)NC. The number of ether oxygens (including phenoxy) is 1. The van der Waals surface area contributed by atoms with Crippen LogP contribution in [0.4, 0.5) is 4.79 Å². The van der Waals surface area contributed by atoms with Crippen molar-refractivity contribution in [1.29, 1.82) is 0 Å². The zero-order chi connectivity index (χ0) is 6.41. The Labute approximate surface area is 49.0 Å². The highest BCUT2D eigenvalue weighted by atomic mass is 16.5. The van der Waals surface area contributed by atoms with E-state index in [-0.39, 0.29) is 6.09 Å². The van der Waals surface area contributed by atoms with E-state index in [4.69, 9.17) is 0 Å². The van der Waals surface area contributed by atoms with Gasteiger partial charge in [-0.25, -0.2) is 4.79 Å². The number of carbonyl (C=O) groups excluding carboxylic acids is 1. The lowest BCUT2D eigenvalue weighted by atomic mass is 10.5. The number of alkyl carbamates (subject to hydrolysis) is 1. The zero-order valence-electron chi connectivity index (χ0n) is 5.23. The average Bonchev–Trinajstić information content (AvgIpc) is 1.83. The fourth-order valence-corrected chi connectivity index (χ4v) is 0.267. The van der Waals surface area contributed by atoms with Gasteiger partial charge in [0, 0.05) is 7.05 Å². The molecule has 0 aliphatic carbocycles. The van der Waals surface area contributed by atoms with Crippen molar-refractivity contribution in [3.05, 3.63) is 0 Å². The predicted octanol–water partition coefficient (Wildman–Crippen LogP) is 0.752. The number of hydrogen-bond acceptors (Lipinski definition) is 2. The number of carbonyl (C=O) groups is 1. The van der Waals surface area contributed by atoms with Gasteiger partial charge in [0.2, 0.25) is 0 Å². The second-order valence-electron chi connectivity index (χ2n) is 1.39. The van der Waals surface area contributed by atoms with Crippen LogP contribution in [0.5, 0.6) is 0 Å². The third-order valence-corrected chi connectivity index (χ3v) is 0.641. The van der Waals surface area contributed by atoms with Crippen molar-refractivity contribution in [3.8, 4) is 0 Å². The second kappa shape index (κ2) is 4.43. The Hall–Kier alpha value is -0.730. The average molecular weight is 117 g/mol. The molecular weight excluding hydrogens is 106 g/mol. The molecule has 0 rings (SSSR count). The number of nitrogens with one attached hydrogen (secondary N) is 1. The van der Waals surface area contributed by atoms with E-state index in [2.05, 4.69) is 10.1 Å². The van der Waals surface area contributed by atoms with E-state index in [1.54, 1.807) is 0 Å². The molecule has 0 atom stereocenters.